The summed E-state index contributed by atoms with van der Waals surface area (Å²) in [4.78, 5) is 4.86. The summed E-state index contributed by atoms with van der Waals surface area (Å²) < 4.78 is 11.4. The zero-order valence-electron chi connectivity index (χ0n) is 33.0. The number of ether oxygens (including phenoxy) is 1. The van der Waals surface area contributed by atoms with Crippen LogP contribution in [-0.2, 0) is 24.7 Å². The second kappa shape index (κ2) is 14.7. The summed E-state index contributed by atoms with van der Waals surface area (Å²) >= 11 is 0. The second-order valence-electron chi connectivity index (χ2n) is 15.8. The lowest BCUT2D eigenvalue weighted by Crippen LogP contribution is -2.13. The van der Waals surface area contributed by atoms with Crippen molar-refractivity contribution in [3.05, 3.63) is 131 Å². The molecule has 53 heavy (non-hydrogen) atoms. The third-order valence-electron chi connectivity index (χ3n) is 10.6. The Bertz CT molecular complexity index is 2420. The minimum Gasteiger partial charge on any atom is -0.457 e. The Morgan fingerprint density at radius 2 is 1.51 bits per heavy atom. The molecule has 5 heteroatoms. The van der Waals surface area contributed by atoms with Gasteiger partial charge in [0.2, 0.25) is 0 Å². The van der Waals surface area contributed by atoms with Gasteiger partial charge in [-0.2, -0.15) is 5.10 Å². The molecule has 0 spiro atoms. The Labute approximate surface area is 315 Å². The number of pyridine rings is 1. The number of hydrogen-bond acceptors (Lipinski definition) is 3. The zero-order valence-corrected chi connectivity index (χ0v) is 33.0. The van der Waals surface area contributed by atoms with Gasteiger partial charge in [-0.15, -0.1) is 0 Å². The average Bonchev–Trinajstić information content (AvgIpc) is 3.66. The molecule has 0 fully saturated rings. The van der Waals surface area contributed by atoms with E-state index in [0.29, 0.717) is 5.92 Å². The first-order chi connectivity index (χ1) is 25.5. The van der Waals surface area contributed by atoms with Gasteiger partial charge in [-0.05, 0) is 108 Å². The number of benzene rings is 4. The van der Waals surface area contributed by atoms with E-state index in [1.165, 1.54) is 55.5 Å². The number of hydrogen-bond donors (Lipinski definition) is 0. The van der Waals surface area contributed by atoms with Crippen LogP contribution in [0, 0.1) is 6.92 Å². The quantitative estimate of drug-likeness (QED) is 0.135. The fourth-order valence-electron chi connectivity index (χ4n) is 7.78. The summed E-state index contributed by atoms with van der Waals surface area (Å²) in [5.41, 5.74) is 13.4. The molecule has 0 bridgehead atoms. The monoisotopic (exact) mass is 702 g/mol. The first-order valence-electron chi connectivity index (χ1n) is 19.5. The van der Waals surface area contributed by atoms with Gasteiger partial charge in [0.25, 0.3) is 0 Å². The lowest BCUT2D eigenvalue weighted by Gasteiger charge is -2.22. The van der Waals surface area contributed by atoms with E-state index in [0.717, 1.165) is 66.1 Å². The SMILES string of the molecule is CCCc1nn(-c2cc(Oc3ccc4c5ccccc5n(-c5cc(C(C)C)ccn5)c4c3)cc(C(C)(C)C)c2)c(CCC)c1-c1c(C)cccc1CC. The van der Waals surface area contributed by atoms with Crippen LogP contribution in [0.5, 0.6) is 11.5 Å². The van der Waals surface area contributed by atoms with E-state index in [9.17, 15) is 0 Å². The summed E-state index contributed by atoms with van der Waals surface area (Å²) in [7, 11) is 0. The third-order valence-corrected chi connectivity index (χ3v) is 10.6. The van der Waals surface area contributed by atoms with Crippen molar-refractivity contribution < 1.29 is 4.74 Å². The molecule has 0 atom stereocenters. The fraction of sp³-hybridized carbons (Fsp3) is 0.333. The largest absolute Gasteiger partial charge is 0.457 e. The number of aromatic nitrogens is 4. The molecule has 3 heterocycles. The van der Waals surface area contributed by atoms with Gasteiger partial charge >= 0.3 is 0 Å². The van der Waals surface area contributed by atoms with Crippen LogP contribution in [0.4, 0.5) is 0 Å². The summed E-state index contributed by atoms with van der Waals surface area (Å²) in [5.74, 6) is 2.90. The smallest absolute Gasteiger partial charge is 0.137 e. The summed E-state index contributed by atoms with van der Waals surface area (Å²) in [6.45, 7) is 20.3. The van der Waals surface area contributed by atoms with Gasteiger partial charge in [0.1, 0.15) is 17.3 Å². The Balaban J connectivity index is 1.39. The lowest BCUT2D eigenvalue weighted by atomic mass is 9.86. The Hall–Kier alpha value is -5.16. The molecule has 3 aromatic heterocycles. The number of aryl methyl sites for hydroxylation is 3. The molecule has 4 aromatic carbocycles. The molecule has 0 amide bonds. The van der Waals surface area contributed by atoms with Gasteiger partial charge in [0, 0.05) is 34.7 Å². The van der Waals surface area contributed by atoms with Gasteiger partial charge in [-0.25, -0.2) is 9.67 Å². The van der Waals surface area contributed by atoms with Crippen LogP contribution in [-0.4, -0.2) is 19.3 Å². The van der Waals surface area contributed by atoms with Crippen LogP contribution < -0.4 is 4.74 Å². The molecular weight excluding hydrogens is 649 g/mol. The van der Waals surface area contributed by atoms with Crippen molar-refractivity contribution in [2.45, 2.75) is 106 Å². The standard InChI is InChI=1S/C48H54N4O/c1-10-16-41-47(46-32(6)18-15-19-33(46)12-3)43(17-11-2)52(50-41)36-27-35(48(7,8)9)28-38(29-36)53-37-22-23-40-39-20-13-14-21-42(39)51(44(40)30-37)45-26-34(31(4)5)24-25-49-45/h13-15,18-31H,10-12,16-17H2,1-9H3. The van der Waals surface area contributed by atoms with Crippen molar-refractivity contribution in [1.29, 1.82) is 0 Å². The van der Waals surface area contributed by atoms with Gasteiger partial charge in [-0.3, -0.25) is 4.57 Å². The van der Waals surface area contributed by atoms with Gasteiger partial charge in [-0.1, -0.05) is 105 Å². The maximum Gasteiger partial charge on any atom is 0.137 e. The maximum atomic E-state index is 6.88. The van der Waals surface area contributed by atoms with Crippen LogP contribution in [0.15, 0.2) is 97.2 Å². The Kier molecular flexibility index (Phi) is 10.0. The molecule has 0 N–H and O–H groups in total. The van der Waals surface area contributed by atoms with E-state index in [2.05, 4.69) is 163 Å². The van der Waals surface area contributed by atoms with E-state index in [1.54, 1.807) is 0 Å². The first-order valence-corrected chi connectivity index (χ1v) is 19.5. The summed E-state index contributed by atoms with van der Waals surface area (Å²) in [6, 6.07) is 32.8. The minimum absolute atomic E-state index is 0.101. The second-order valence-corrected chi connectivity index (χ2v) is 15.8. The molecule has 0 aliphatic rings. The van der Waals surface area contributed by atoms with Crippen LogP contribution in [0.25, 0.3) is 44.4 Å². The Morgan fingerprint density at radius 3 is 2.25 bits per heavy atom. The van der Waals surface area contributed by atoms with Gasteiger partial charge in [0.05, 0.1) is 28.1 Å². The third kappa shape index (κ3) is 6.90. The predicted molar refractivity (Wildman–Crippen MR) is 223 cm³/mol. The molecule has 0 aliphatic carbocycles. The van der Waals surface area contributed by atoms with Crippen LogP contribution in [0.2, 0.25) is 0 Å². The highest BCUT2D eigenvalue weighted by molar-refractivity contribution is 6.09. The number of para-hydroxylation sites is 1. The van der Waals surface area contributed by atoms with Crippen molar-refractivity contribution in [2.75, 3.05) is 0 Å². The topological polar surface area (TPSA) is 44.9 Å². The molecule has 7 aromatic rings. The van der Waals surface area contributed by atoms with Crippen LogP contribution in [0.3, 0.4) is 0 Å². The van der Waals surface area contributed by atoms with Crippen molar-refractivity contribution >= 4 is 21.8 Å². The summed E-state index contributed by atoms with van der Waals surface area (Å²) in [6.07, 6.45) is 6.85. The summed E-state index contributed by atoms with van der Waals surface area (Å²) in [5, 5.41) is 7.81. The van der Waals surface area contributed by atoms with Crippen molar-refractivity contribution in [2.24, 2.45) is 0 Å². The van der Waals surface area contributed by atoms with E-state index < -0.39 is 0 Å². The van der Waals surface area contributed by atoms with Gasteiger partial charge < -0.3 is 4.74 Å². The number of nitrogens with zero attached hydrogens (tertiary/aromatic N) is 4. The lowest BCUT2D eigenvalue weighted by molar-refractivity contribution is 0.478. The fourth-order valence-corrected chi connectivity index (χ4v) is 7.78. The van der Waals surface area contributed by atoms with Gasteiger partial charge in [0.15, 0.2) is 0 Å². The highest BCUT2D eigenvalue weighted by Gasteiger charge is 2.25. The van der Waals surface area contributed by atoms with Crippen molar-refractivity contribution in [3.63, 3.8) is 0 Å². The molecule has 0 aliphatic heterocycles. The molecule has 0 radical (unpaired) electrons. The van der Waals surface area contributed by atoms with Crippen molar-refractivity contribution in [1.82, 2.24) is 19.3 Å². The van der Waals surface area contributed by atoms with Crippen molar-refractivity contribution in [3.8, 4) is 34.1 Å². The zero-order chi connectivity index (χ0) is 37.4. The molecule has 5 nitrogen and oxygen atoms in total. The number of rotatable bonds is 11. The minimum atomic E-state index is -0.101. The van der Waals surface area contributed by atoms with E-state index in [-0.39, 0.29) is 5.41 Å². The molecule has 0 saturated heterocycles. The molecule has 0 unspecified atom stereocenters. The molecule has 0 saturated carbocycles. The predicted octanol–water partition coefficient (Wildman–Crippen LogP) is 13.0. The maximum absolute atomic E-state index is 6.88. The normalized spacial score (nSPS) is 12.0. The molecule has 7 rings (SSSR count). The van der Waals surface area contributed by atoms with Crippen LogP contribution in [0.1, 0.15) is 108 Å². The highest BCUT2D eigenvalue weighted by Crippen LogP contribution is 2.40. The molecular formula is C48H54N4O. The van der Waals surface area contributed by atoms with E-state index >= 15 is 0 Å². The first kappa shape index (κ1) is 36.2. The Morgan fingerprint density at radius 1 is 0.736 bits per heavy atom. The van der Waals surface area contributed by atoms with E-state index in [1.807, 2.05) is 6.20 Å². The average molecular weight is 703 g/mol. The molecule has 272 valence electrons. The highest BCUT2D eigenvalue weighted by atomic mass is 16.5. The van der Waals surface area contributed by atoms with Crippen LogP contribution >= 0.6 is 0 Å². The number of fused-ring (bicyclic) bond motifs is 3. The van der Waals surface area contributed by atoms with E-state index in [4.69, 9.17) is 14.8 Å².